The Morgan fingerprint density at radius 1 is 1.21 bits per heavy atom. The smallest absolute Gasteiger partial charge is 0.165 e. The number of rotatable bonds is 3. The Morgan fingerprint density at radius 2 is 1.84 bits per heavy atom. The number of hydrogen-bond donors (Lipinski definition) is 1. The van der Waals surface area contributed by atoms with E-state index in [1.807, 2.05) is 6.07 Å². The average Bonchev–Trinajstić information content (AvgIpc) is 2.36. The molecule has 3 unspecified atom stereocenters. The summed E-state index contributed by atoms with van der Waals surface area (Å²) in [5.74, 6) is 1.83. The Morgan fingerprint density at radius 3 is 2.37 bits per heavy atom. The van der Waals surface area contributed by atoms with E-state index in [2.05, 4.69) is 13.8 Å². The van der Waals surface area contributed by atoms with Gasteiger partial charge < -0.3 is 10.5 Å². The zero-order valence-corrected chi connectivity index (χ0v) is 12.0. The highest BCUT2D eigenvalue weighted by Crippen LogP contribution is 2.39. The molecule has 2 rings (SSSR count). The standard InChI is InChI=1S/C16H24FNO/c1-10-6-11(2)8-13(7-10)16(18)12-4-5-15(19-3)14(17)9-12/h4-5,9-11,13,16H,6-8,18H2,1-3H3. The van der Waals surface area contributed by atoms with E-state index in [0.29, 0.717) is 17.8 Å². The molecule has 3 heteroatoms. The lowest BCUT2D eigenvalue weighted by Crippen LogP contribution is -2.29. The maximum atomic E-state index is 13.8. The molecule has 106 valence electrons. The van der Waals surface area contributed by atoms with Gasteiger partial charge in [0.05, 0.1) is 7.11 Å². The quantitative estimate of drug-likeness (QED) is 0.899. The van der Waals surface area contributed by atoms with Crippen molar-refractivity contribution in [1.82, 2.24) is 0 Å². The molecule has 2 nitrogen and oxygen atoms in total. The van der Waals surface area contributed by atoms with Crippen LogP contribution in [0.4, 0.5) is 4.39 Å². The van der Waals surface area contributed by atoms with Crippen molar-refractivity contribution in [2.24, 2.45) is 23.5 Å². The second-order valence-corrected chi connectivity index (χ2v) is 6.10. The number of nitrogens with two attached hydrogens (primary N) is 1. The molecule has 1 aromatic rings. The number of halogens is 1. The van der Waals surface area contributed by atoms with Crippen LogP contribution in [0.25, 0.3) is 0 Å². The number of hydrogen-bond acceptors (Lipinski definition) is 2. The molecule has 3 atom stereocenters. The molecule has 0 aliphatic heterocycles. The fourth-order valence-electron chi connectivity index (χ4n) is 3.46. The van der Waals surface area contributed by atoms with Crippen molar-refractivity contribution in [3.63, 3.8) is 0 Å². The van der Waals surface area contributed by atoms with Crippen molar-refractivity contribution in [2.75, 3.05) is 7.11 Å². The molecule has 0 radical (unpaired) electrons. The Bertz CT molecular complexity index is 425. The third kappa shape index (κ3) is 3.27. The molecule has 1 aliphatic carbocycles. The summed E-state index contributed by atoms with van der Waals surface area (Å²) < 4.78 is 18.7. The van der Waals surface area contributed by atoms with Gasteiger partial charge in [-0.3, -0.25) is 0 Å². The molecular weight excluding hydrogens is 241 g/mol. The van der Waals surface area contributed by atoms with Gasteiger partial charge in [-0.15, -0.1) is 0 Å². The van der Waals surface area contributed by atoms with E-state index < -0.39 is 0 Å². The third-order valence-electron chi connectivity index (χ3n) is 4.28. The first-order valence-electron chi connectivity index (χ1n) is 7.10. The Hall–Kier alpha value is -1.09. The molecule has 1 saturated carbocycles. The van der Waals surface area contributed by atoms with Crippen molar-refractivity contribution in [1.29, 1.82) is 0 Å². The molecule has 2 N–H and O–H groups in total. The van der Waals surface area contributed by atoms with Crippen LogP contribution in [-0.2, 0) is 0 Å². The monoisotopic (exact) mass is 265 g/mol. The zero-order valence-electron chi connectivity index (χ0n) is 12.0. The first-order chi connectivity index (χ1) is 9.01. The van der Waals surface area contributed by atoms with Gasteiger partial charge in [-0.1, -0.05) is 19.9 Å². The predicted octanol–water partition coefficient (Wildman–Crippen LogP) is 3.91. The molecule has 0 amide bonds. The fraction of sp³-hybridized carbons (Fsp3) is 0.625. The van der Waals surface area contributed by atoms with Gasteiger partial charge in [0.15, 0.2) is 11.6 Å². The molecule has 0 aromatic heterocycles. The van der Waals surface area contributed by atoms with E-state index in [-0.39, 0.29) is 17.6 Å². The molecule has 1 fully saturated rings. The van der Waals surface area contributed by atoms with E-state index in [1.54, 1.807) is 6.07 Å². The number of methoxy groups -OCH3 is 1. The number of ether oxygens (including phenoxy) is 1. The normalized spacial score (nSPS) is 29.0. The first-order valence-corrected chi connectivity index (χ1v) is 7.10. The predicted molar refractivity (Wildman–Crippen MR) is 75.5 cm³/mol. The summed E-state index contributed by atoms with van der Waals surface area (Å²) in [6, 6.07) is 5.00. The maximum Gasteiger partial charge on any atom is 0.165 e. The minimum absolute atomic E-state index is 0.0781. The van der Waals surface area contributed by atoms with E-state index in [4.69, 9.17) is 10.5 Å². The minimum atomic E-state index is -0.327. The summed E-state index contributed by atoms with van der Waals surface area (Å²) in [6.07, 6.45) is 3.55. The van der Waals surface area contributed by atoms with Crippen LogP contribution in [0, 0.1) is 23.6 Å². The lowest BCUT2D eigenvalue weighted by molar-refractivity contribution is 0.193. The van der Waals surface area contributed by atoms with Gasteiger partial charge in [0.1, 0.15) is 0 Å². The van der Waals surface area contributed by atoms with Crippen molar-refractivity contribution in [2.45, 2.75) is 39.2 Å². The molecular formula is C16H24FNO. The largest absolute Gasteiger partial charge is 0.494 e. The Labute approximate surface area is 115 Å². The molecule has 19 heavy (non-hydrogen) atoms. The number of benzene rings is 1. The van der Waals surface area contributed by atoms with Crippen molar-refractivity contribution >= 4 is 0 Å². The van der Waals surface area contributed by atoms with Crippen LogP contribution in [0.1, 0.15) is 44.7 Å². The third-order valence-corrected chi connectivity index (χ3v) is 4.28. The van der Waals surface area contributed by atoms with Crippen molar-refractivity contribution in [3.05, 3.63) is 29.6 Å². The van der Waals surface area contributed by atoms with Crippen LogP contribution in [-0.4, -0.2) is 7.11 Å². The van der Waals surface area contributed by atoms with Gasteiger partial charge in [-0.25, -0.2) is 4.39 Å². The molecule has 0 saturated heterocycles. The van der Waals surface area contributed by atoms with Gasteiger partial charge in [-0.05, 0) is 54.7 Å². The zero-order chi connectivity index (χ0) is 14.0. The molecule has 1 aliphatic rings. The fourth-order valence-corrected chi connectivity index (χ4v) is 3.46. The van der Waals surface area contributed by atoms with Crippen LogP contribution in [0.2, 0.25) is 0 Å². The molecule has 1 aromatic carbocycles. The minimum Gasteiger partial charge on any atom is -0.494 e. The molecule has 0 heterocycles. The van der Waals surface area contributed by atoms with Crippen LogP contribution in [0.3, 0.4) is 0 Å². The van der Waals surface area contributed by atoms with Crippen molar-refractivity contribution in [3.8, 4) is 5.75 Å². The summed E-state index contributed by atoms with van der Waals surface area (Å²) in [4.78, 5) is 0. The lowest BCUT2D eigenvalue weighted by atomic mass is 9.72. The molecule has 0 bridgehead atoms. The summed E-state index contributed by atoms with van der Waals surface area (Å²) >= 11 is 0. The second kappa shape index (κ2) is 5.91. The first kappa shape index (κ1) is 14.3. The highest BCUT2D eigenvalue weighted by molar-refractivity contribution is 5.31. The highest BCUT2D eigenvalue weighted by atomic mass is 19.1. The lowest BCUT2D eigenvalue weighted by Gasteiger charge is -2.35. The maximum absolute atomic E-state index is 13.8. The Kier molecular flexibility index (Phi) is 4.46. The highest BCUT2D eigenvalue weighted by Gasteiger charge is 2.29. The van der Waals surface area contributed by atoms with Crippen LogP contribution < -0.4 is 10.5 Å². The summed E-state index contributed by atoms with van der Waals surface area (Å²) in [7, 11) is 1.47. The van der Waals surface area contributed by atoms with Crippen LogP contribution >= 0.6 is 0 Å². The van der Waals surface area contributed by atoms with Gasteiger partial charge in [-0.2, -0.15) is 0 Å². The van der Waals surface area contributed by atoms with Gasteiger partial charge in [0.2, 0.25) is 0 Å². The SMILES string of the molecule is COc1ccc(C(N)C2CC(C)CC(C)C2)cc1F. The second-order valence-electron chi connectivity index (χ2n) is 6.10. The molecule has 0 spiro atoms. The van der Waals surface area contributed by atoms with E-state index in [9.17, 15) is 4.39 Å². The van der Waals surface area contributed by atoms with Crippen LogP contribution in [0.5, 0.6) is 5.75 Å². The van der Waals surface area contributed by atoms with Gasteiger partial charge in [0.25, 0.3) is 0 Å². The van der Waals surface area contributed by atoms with Gasteiger partial charge >= 0.3 is 0 Å². The van der Waals surface area contributed by atoms with E-state index >= 15 is 0 Å². The Balaban J connectivity index is 2.14. The van der Waals surface area contributed by atoms with Crippen molar-refractivity contribution < 1.29 is 9.13 Å². The van der Waals surface area contributed by atoms with Gasteiger partial charge in [0, 0.05) is 6.04 Å². The average molecular weight is 265 g/mol. The van der Waals surface area contributed by atoms with Crippen LogP contribution in [0.15, 0.2) is 18.2 Å². The van der Waals surface area contributed by atoms with E-state index in [0.717, 1.165) is 18.4 Å². The topological polar surface area (TPSA) is 35.2 Å². The summed E-state index contributed by atoms with van der Waals surface area (Å²) in [6.45, 7) is 4.56. The van der Waals surface area contributed by atoms with E-state index in [1.165, 1.54) is 19.6 Å². The summed E-state index contributed by atoms with van der Waals surface area (Å²) in [5, 5.41) is 0. The summed E-state index contributed by atoms with van der Waals surface area (Å²) in [5.41, 5.74) is 7.23.